The molecule has 2 N–H and O–H groups in total. The van der Waals surface area contributed by atoms with Crippen LogP contribution >= 0.6 is 0 Å². The largest absolute Gasteiger partial charge is 0.508 e. The Morgan fingerprint density at radius 3 is 2.71 bits per heavy atom. The average molecular weight is 233 g/mol. The number of aromatic hydroxyl groups is 1. The SMILES string of the molecule is O=C(O)c1cnccc1-c1cc(O)cc(F)c1. The number of aromatic nitrogens is 1. The highest BCUT2D eigenvalue weighted by Gasteiger charge is 2.12. The van der Waals surface area contributed by atoms with Crippen molar-refractivity contribution in [3.05, 3.63) is 48.0 Å². The molecule has 0 aliphatic heterocycles. The molecule has 0 bridgehead atoms. The number of carboxylic acids is 1. The Labute approximate surface area is 96.0 Å². The summed E-state index contributed by atoms with van der Waals surface area (Å²) in [6.07, 6.45) is 2.59. The summed E-state index contributed by atoms with van der Waals surface area (Å²) in [7, 11) is 0. The van der Waals surface area contributed by atoms with Crippen LogP contribution in [0.4, 0.5) is 4.39 Å². The maximum atomic E-state index is 13.1. The second kappa shape index (κ2) is 4.21. The van der Waals surface area contributed by atoms with Gasteiger partial charge in [-0.25, -0.2) is 9.18 Å². The number of benzene rings is 1. The molecule has 0 saturated heterocycles. The minimum atomic E-state index is -1.16. The van der Waals surface area contributed by atoms with Crippen molar-refractivity contribution in [1.29, 1.82) is 0 Å². The number of hydrogen-bond donors (Lipinski definition) is 2. The van der Waals surface area contributed by atoms with Crippen LogP contribution in [0.5, 0.6) is 5.75 Å². The predicted molar refractivity (Wildman–Crippen MR) is 58.3 cm³/mol. The molecule has 1 heterocycles. The first-order valence-electron chi connectivity index (χ1n) is 4.75. The molecule has 86 valence electrons. The lowest BCUT2D eigenvalue weighted by atomic mass is 10.0. The second-order valence-corrected chi connectivity index (χ2v) is 3.42. The molecule has 0 amide bonds. The average Bonchev–Trinajstić information content (AvgIpc) is 2.27. The summed E-state index contributed by atoms with van der Waals surface area (Å²) in [5.74, 6) is -2.04. The maximum Gasteiger partial charge on any atom is 0.337 e. The van der Waals surface area contributed by atoms with Gasteiger partial charge in [0.25, 0.3) is 0 Å². The molecular formula is C12H8FNO3. The summed E-state index contributed by atoms with van der Waals surface area (Å²) in [5, 5.41) is 18.3. The molecule has 4 nitrogen and oxygen atoms in total. The first kappa shape index (κ1) is 11.1. The van der Waals surface area contributed by atoms with E-state index in [0.29, 0.717) is 11.1 Å². The predicted octanol–water partition coefficient (Wildman–Crippen LogP) is 2.29. The van der Waals surface area contributed by atoms with Crippen molar-refractivity contribution in [2.45, 2.75) is 0 Å². The molecule has 17 heavy (non-hydrogen) atoms. The first-order chi connectivity index (χ1) is 8.08. The van der Waals surface area contributed by atoms with Crippen molar-refractivity contribution in [3.63, 3.8) is 0 Å². The van der Waals surface area contributed by atoms with Crippen LogP contribution in [-0.4, -0.2) is 21.2 Å². The third kappa shape index (κ3) is 2.23. The van der Waals surface area contributed by atoms with Crippen molar-refractivity contribution in [3.8, 4) is 16.9 Å². The molecule has 0 spiro atoms. The number of hydrogen-bond acceptors (Lipinski definition) is 3. The van der Waals surface area contributed by atoms with Crippen LogP contribution in [0.2, 0.25) is 0 Å². The molecule has 0 fully saturated rings. The Kier molecular flexibility index (Phi) is 2.74. The van der Waals surface area contributed by atoms with Gasteiger partial charge in [-0.15, -0.1) is 0 Å². The van der Waals surface area contributed by atoms with E-state index >= 15 is 0 Å². The summed E-state index contributed by atoms with van der Waals surface area (Å²) in [6.45, 7) is 0. The van der Waals surface area contributed by atoms with Gasteiger partial charge in [0.1, 0.15) is 11.6 Å². The molecular weight excluding hydrogens is 225 g/mol. The number of halogens is 1. The van der Waals surface area contributed by atoms with Gasteiger partial charge in [-0.3, -0.25) is 4.98 Å². The summed E-state index contributed by atoms with van der Waals surface area (Å²) in [5.41, 5.74) is 0.558. The number of carboxylic acid groups (broad SMARTS) is 1. The van der Waals surface area contributed by atoms with E-state index in [4.69, 9.17) is 5.11 Å². The van der Waals surface area contributed by atoms with E-state index in [9.17, 15) is 14.3 Å². The fourth-order valence-electron chi connectivity index (χ4n) is 1.55. The number of rotatable bonds is 2. The molecule has 2 rings (SSSR count). The van der Waals surface area contributed by atoms with E-state index in [1.807, 2.05) is 0 Å². The van der Waals surface area contributed by atoms with E-state index < -0.39 is 11.8 Å². The number of carbonyl (C=O) groups is 1. The quantitative estimate of drug-likeness (QED) is 0.834. The molecule has 0 aliphatic rings. The summed E-state index contributed by atoms with van der Waals surface area (Å²) in [4.78, 5) is 14.7. The van der Waals surface area contributed by atoms with Crippen LogP contribution in [-0.2, 0) is 0 Å². The maximum absolute atomic E-state index is 13.1. The fourth-order valence-corrected chi connectivity index (χ4v) is 1.55. The Balaban J connectivity index is 2.64. The fraction of sp³-hybridized carbons (Fsp3) is 0. The lowest BCUT2D eigenvalue weighted by molar-refractivity contribution is 0.0697. The van der Waals surface area contributed by atoms with Crippen molar-refractivity contribution in [2.75, 3.05) is 0 Å². The van der Waals surface area contributed by atoms with Crippen LogP contribution in [0.25, 0.3) is 11.1 Å². The van der Waals surface area contributed by atoms with Crippen molar-refractivity contribution in [2.24, 2.45) is 0 Å². The Morgan fingerprint density at radius 2 is 2.06 bits per heavy atom. The van der Waals surface area contributed by atoms with E-state index in [1.165, 1.54) is 24.5 Å². The minimum Gasteiger partial charge on any atom is -0.508 e. The second-order valence-electron chi connectivity index (χ2n) is 3.42. The van der Waals surface area contributed by atoms with Gasteiger partial charge in [0.05, 0.1) is 5.56 Å². The van der Waals surface area contributed by atoms with Gasteiger partial charge in [-0.1, -0.05) is 0 Å². The minimum absolute atomic E-state index is 0.0440. The number of aromatic carboxylic acids is 1. The zero-order valence-corrected chi connectivity index (χ0v) is 8.59. The lowest BCUT2D eigenvalue weighted by Gasteiger charge is -2.06. The Bertz CT molecular complexity index is 563. The van der Waals surface area contributed by atoms with Gasteiger partial charge in [-0.2, -0.15) is 0 Å². The van der Waals surface area contributed by atoms with Crippen LogP contribution in [0.1, 0.15) is 10.4 Å². The Morgan fingerprint density at radius 1 is 1.29 bits per heavy atom. The molecule has 1 aromatic carbocycles. The number of nitrogens with zero attached hydrogens (tertiary/aromatic N) is 1. The molecule has 5 heteroatoms. The van der Waals surface area contributed by atoms with E-state index in [-0.39, 0.29) is 11.3 Å². The van der Waals surface area contributed by atoms with Crippen LogP contribution in [0.3, 0.4) is 0 Å². The van der Waals surface area contributed by atoms with Gasteiger partial charge in [-0.05, 0) is 29.3 Å². The summed E-state index contributed by atoms with van der Waals surface area (Å²) < 4.78 is 13.1. The van der Waals surface area contributed by atoms with Crippen molar-refractivity contribution >= 4 is 5.97 Å². The summed E-state index contributed by atoms with van der Waals surface area (Å²) >= 11 is 0. The van der Waals surface area contributed by atoms with Crippen LogP contribution in [0.15, 0.2) is 36.7 Å². The van der Waals surface area contributed by atoms with Crippen LogP contribution in [0, 0.1) is 5.82 Å². The number of phenolic OH excluding ortho intramolecular Hbond substituents is 1. The molecule has 0 radical (unpaired) electrons. The van der Waals surface area contributed by atoms with E-state index in [0.717, 1.165) is 12.1 Å². The zero-order valence-electron chi connectivity index (χ0n) is 8.59. The van der Waals surface area contributed by atoms with Gasteiger partial charge in [0, 0.05) is 18.5 Å². The van der Waals surface area contributed by atoms with Gasteiger partial charge in [0.2, 0.25) is 0 Å². The normalized spacial score (nSPS) is 10.2. The molecule has 2 aromatic rings. The highest BCUT2D eigenvalue weighted by Crippen LogP contribution is 2.27. The molecule has 0 aliphatic carbocycles. The van der Waals surface area contributed by atoms with Crippen molar-refractivity contribution < 1.29 is 19.4 Å². The van der Waals surface area contributed by atoms with Crippen LogP contribution < -0.4 is 0 Å². The molecule has 0 atom stereocenters. The standard InChI is InChI=1S/C12H8FNO3/c13-8-3-7(4-9(15)5-8)10-1-2-14-6-11(10)12(16)17/h1-6,15H,(H,16,17). The number of pyridine rings is 1. The summed E-state index contributed by atoms with van der Waals surface area (Å²) in [6, 6.07) is 4.86. The van der Waals surface area contributed by atoms with Gasteiger partial charge in [0.15, 0.2) is 0 Å². The van der Waals surface area contributed by atoms with E-state index in [1.54, 1.807) is 0 Å². The Hall–Kier alpha value is -2.43. The highest BCUT2D eigenvalue weighted by atomic mass is 19.1. The van der Waals surface area contributed by atoms with Crippen molar-refractivity contribution in [1.82, 2.24) is 4.98 Å². The molecule has 0 saturated carbocycles. The third-order valence-corrected chi connectivity index (χ3v) is 2.25. The first-order valence-corrected chi connectivity index (χ1v) is 4.75. The van der Waals surface area contributed by atoms with Gasteiger partial charge < -0.3 is 10.2 Å². The zero-order chi connectivity index (χ0) is 12.4. The van der Waals surface area contributed by atoms with E-state index in [2.05, 4.69) is 4.98 Å². The third-order valence-electron chi connectivity index (χ3n) is 2.25. The monoisotopic (exact) mass is 233 g/mol. The smallest absolute Gasteiger partial charge is 0.337 e. The topological polar surface area (TPSA) is 70.4 Å². The van der Waals surface area contributed by atoms with Gasteiger partial charge >= 0.3 is 5.97 Å². The molecule has 1 aromatic heterocycles. The highest BCUT2D eigenvalue weighted by molar-refractivity contribution is 5.95. The number of phenols is 1. The molecule has 0 unspecified atom stereocenters. The lowest BCUT2D eigenvalue weighted by Crippen LogP contribution is -2.00.